The van der Waals surface area contributed by atoms with Crippen LogP contribution in [0.25, 0.3) is 0 Å². The summed E-state index contributed by atoms with van der Waals surface area (Å²) in [6, 6.07) is -1.15. The average Bonchev–Trinajstić information content (AvgIpc) is 2.32. The Bertz CT molecular complexity index is 303. The van der Waals surface area contributed by atoms with Crippen molar-refractivity contribution in [2.45, 2.75) is 19.4 Å². The summed E-state index contributed by atoms with van der Waals surface area (Å²) < 4.78 is 0. The molecule has 0 aliphatic carbocycles. The molecule has 7 nitrogen and oxygen atoms in total. The molecule has 1 saturated heterocycles. The zero-order valence-corrected chi connectivity index (χ0v) is 11.2. The Morgan fingerprint density at radius 2 is 1.89 bits per heavy atom. The van der Waals surface area contributed by atoms with Crippen molar-refractivity contribution >= 4 is 12.0 Å². The Balaban J connectivity index is 2.46. The minimum absolute atomic E-state index is 0.367. The standard InChI is InChI=1S/C11H22N4O3/c1-4-9(10(16)17)14(3)11(18)12-15-7-5-13(2)6-8-15/h9H,4-8H2,1-3H3,(H,12,18)(H,16,17). The maximum absolute atomic E-state index is 11.9. The highest BCUT2D eigenvalue weighted by atomic mass is 16.4. The molecule has 1 fully saturated rings. The number of urea groups is 1. The van der Waals surface area contributed by atoms with Gasteiger partial charge in [-0.2, -0.15) is 0 Å². The molecule has 104 valence electrons. The van der Waals surface area contributed by atoms with Crippen molar-refractivity contribution < 1.29 is 14.7 Å². The first-order valence-electron chi connectivity index (χ1n) is 6.15. The van der Waals surface area contributed by atoms with Gasteiger partial charge in [-0.3, -0.25) is 5.43 Å². The molecule has 0 saturated carbocycles. The van der Waals surface area contributed by atoms with Crippen LogP contribution in [-0.2, 0) is 4.79 Å². The van der Waals surface area contributed by atoms with Gasteiger partial charge < -0.3 is 14.9 Å². The van der Waals surface area contributed by atoms with Gasteiger partial charge in [-0.05, 0) is 13.5 Å². The molecular formula is C11H22N4O3. The van der Waals surface area contributed by atoms with Gasteiger partial charge in [-0.15, -0.1) is 0 Å². The minimum Gasteiger partial charge on any atom is -0.480 e. The number of nitrogens with one attached hydrogen (secondary N) is 1. The maximum atomic E-state index is 11.9. The number of carbonyl (C=O) groups excluding carboxylic acids is 1. The van der Waals surface area contributed by atoms with Crippen LogP contribution in [-0.4, -0.2) is 78.2 Å². The Kier molecular flexibility index (Phi) is 5.36. The molecule has 1 rings (SSSR count). The predicted molar refractivity (Wildman–Crippen MR) is 67.1 cm³/mol. The normalized spacial score (nSPS) is 19.3. The van der Waals surface area contributed by atoms with Gasteiger partial charge in [0.2, 0.25) is 0 Å². The van der Waals surface area contributed by atoms with Gasteiger partial charge in [0.15, 0.2) is 0 Å². The number of hydrogen-bond donors (Lipinski definition) is 2. The summed E-state index contributed by atoms with van der Waals surface area (Å²) in [7, 11) is 3.54. The smallest absolute Gasteiger partial charge is 0.332 e. The summed E-state index contributed by atoms with van der Waals surface area (Å²) in [5, 5.41) is 10.8. The number of aliphatic carboxylic acids is 1. The maximum Gasteiger partial charge on any atom is 0.332 e. The van der Waals surface area contributed by atoms with Crippen molar-refractivity contribution in [2.24, 2.45) is 0 Å². The van der Waals surface area contributed by atoms with E-state index < -0.39 is 12.0 Å². The van der Waals surface area contributed by atoms with Crippen LogP contribution in [0.2, 0.25) is 0 Å². The van der Waals surface area contributed by atoms with Crippen LogP contribution in [0.1, 0.15) is 13.3 Å². The highest BCUT2D eigenvalue weighted by Crippen LogP contribution is 2.03. The second kappa shape index (κ2) is 6.55. The highest BCUT2D eigenvalue weighted by Gasteiger charge is 2.26. The Morgan fingerprint density at radius 3 is 2.33 bits per heavy atom. The molecule has 2 amide bonds. The summed E-state index contributed by atoms with van der Waals surface area (Å²) in [6.45, 7) is 5.03. The van der Waals surface area contributed by atoms with E-state index in [2.05, 4.69) is 10.3 Å². The molecule has 0 aromatic carbocycles. The second-order valence-electron chi connectivity index (χ2n) is 4.58. The predicted octanol–water partition coefficient (Wildman–Crippen LogP) is -0.347. The number of carboxylic acids is 1. The minimum atomic E-state index is -0.978. The summed E-state index contributed by atoms with van der Waals surface area (Å²) >= 11 is 0. The summed E-state index contributed by atoms with van der Waals surface area (Å²) in [6.07, 6.45) is 0.391. The topological polar surface area (TPSA) is 76.1 Å². The van der Waals surface area contributed by atoms with E-state index in [4.69, 9.17) is 5.11 Å². The van der Waals surface area contributed by atoms with Crippen molar-refractivity contribution in [2.75, 3.05) is 40.3 Å². The molecule has 0 radical (unpaired) electrons. The van der Waals surface area contributed by atoms with Crippen molar-refractivity contribution in [1.29, 1.82) is 0 Å². The zero-order valence-electron chi connectivity index (χ0n) is 11.2. The third-order valence-electron chi connectivity index (χ3n) is 3.22. The Labute approximate surface area is 107 Å². The molecule has 7 heteroatoms. The van der Waals surface area contributed by atoms with Crippen molar-refractivity contribution in [3.8, 4) is 0 Å². The van der Waals surface area contributed by atoms with Gasteiger partial charge >= 0.3 is 12.0 Å². The number of piperazine rings is 1. The van der Waals surface area contributed by atoms with Crippen LogP contribution >= 0.6 is 0 Å². The number of rotatable bonds is 4. The van der Waals surface area contributed by atoms with Gasteiger partial charge in [-0.25, -0.2) is 14.6 Å². The number of carboxylic acid groups (broad SMARTS) is 1. The fourth-order valence-electron chi connectivity index (χ4n) is 1.89. The summed E-state index contributed by atoms with van der Waals surface area (Å²) in [5.74, 6) is -0.978. The van der Waals surface area contributed by atoms with Gasteiger partial charge in [0.05, 0.1) is 0 Å². The first kappa shape index (κ1) is 14.7. The number of nitrogens with zero attached hydrogens (tertiary/aromatic N) is 3. The van der Waals surface area contributed by atoms with Crippen LogP contribution < -0.4 is 5.43 Å². The van der Waals surface area contributed by atoms with E-state index in [-0.39, 0.29) is 6.03 Å². The van der Waals surface area contributed by atoms with Crippen LogP contribution in [0.5, 0.6) is 0 Å². The third kappa shape index (κ3) is 3.85. The van der Waals surface area contributed by atoms with E-state index in [9.17, 15) is 9.59 Å². The fourth-order valence-corrected chi connectivity index (χ4v) is 1.89. The largest absolute Gasteiger partial charge is 0.480 e. The van der Waals surface area contributed by atoms with Crippen LogP contribution in [0.15, 0.2) is 0 Å². The van der Waals surface area contributed by atoms with Crippen LogP contribution in [0.3, 0.4) is 0 Å². The van der Waals surface area contributed by atoms with E-state index in [1.807, 2.05) is 12.1 Å². The number of likely N-dealkylation sites (N-methyl/N-ethyl adjacent to an activating group) is 2. The SMILES string of the molecule is CCC(C(=O)O)N(C)C(=O)NN1CCN(C)CC1. The van der Waals surface area contributed by atoms with Crippen LogP contribution in [0.4, 0.5) is 4.79 Å². The molecule has 2 N–H and O–H groups in total. The number of hydrogen-bond acceptors (Lipinski definition) is 4. The monoisotopic (exact) mass is 258 g/mol. The molecule has 1 aliphatic rings. The van der Waals surface area contributed by atoms with E-state index in [0.717, 1.165) is 26.2 Å². The molecule has 1 unspecified atom stereocenters. The molecule has 18 heavy (non-hydrogen) atoms. The quantitative estimate of drug-likeness (QED) is 0.721. The lowest BCUT2D eigenvalue weighted by molar-refractivity contribution is -0.142. The molecule has 1 atom stereocenters. The van der Waals surface area contributed by atoms with Gasteiger partial charge in [-0.1, -0.05) is 6.92 Å². The molecule has 0 bridgehead atoms. The fraction of sp³-hybridized carbons (Fsp3) is 0.818. The van der Waals surface area contributed by atoms with E-state index >= 15 is 0 Å². The lowest BCUT2D eigenvalue weighted by atomic mass is 10.2. The van der Waals surface area contributed by atoms with E-state index in [0.29, 0.717) is 6.42 Å². The summed E-state index contributed by atoms with van der Waals surface area (Å²) in [5.41, 5.74) is 2.74. The van der Waals surface area contributed by atoms with Crippen molar-refractivity contribution in [3.63, 3.8) is 0 Å². The van der Waals surface area contributed by atoms with Gasteiger partial charge in [0.1, 0.15) is 6.04 Å². The number of hydrazine groups is 1. The number of amides is 2. The molecule has 0 aromatic rings. The molecule has 1 aliphatic heterocycles. The van der Waals surface area contributed by atoms with Gasteiger partial charge in [0.25, 0.3) is 0 Å². The second-order valence-corrected chi connectivity index (χ2v) is 4.58. The Morgan fingerprint density at radius 1 is 1.33 bits per heavy atom. The third-order valence-corrected chi connectivity index (χ3v) is 3.22. The van der Waals surface area contributed by atoms with Crippen molar-refractivity contribution in [1.82, 2.24) is 20.2 Å². The lowest BCUT2D eigenvalue weighted by Gasteiger charge is -2.34. The van der Waals surface area contributed by atoms with Crippen molar-refractivity contribution in [3.05, 3.63) is 0 Å². The number of carbonyl (C=O) groups is 2. The van der Waals surface area contributed by atoms with E-state index in [1.165, 1.54) is 11.9 Å². The highest BCUT2D eigenvalue weighted by molar-refractivity contribution is 5.82. The average molecular weight is 258 g/mol. The Hall–Kier alpha value is -1.34. The first-order chi connectivity index (χ1) is 8.45. The van der Waals surface area contributed by atoms with Gasteiger partial charge in [0, 0.05) is 33.2 Å². The van der Waals surface area contributed by atoms with Crippen LogP contribution in [0, 0.1) is 0 Å². The molecule has 1 heterocycles. The summed E-state index contributed by atoms with van der Waals surface area (Å²) in [4.78, 5) is 26.3. The molecular weight excluding hydrogens is 236 g/mol. The van der Waals surface area contributed by atoms with E-state index in [1.54, 1.807) is 6.92 Å². The zero-order chi connectivity index (χ0) is 13.7. The lowest BCUT2D eigenvalue weighted by Crippen LogP contribution is -2.57. The molecule has 0 aromatic heterocycles. The first-order valence-corrected chi connectivity index (χ1v) is 6.15. The molecule has 0 spiro atoms.